The van der Waals surface area contributed by atoms with Crippen LogP contribution < -0.4 is 0 Å². The average Bonchev–Trinajstić information content (AvgIpc) is 2.82. The van der Waals surface area contributed by atoms with Crippen molar-refractivity contribution in [1.29, 1.82) is 0 Å². The van der Waals surface area contributed by atoms with Gasteiger partial charge in [-0.1, -0.05) is 33.1 Å². The van der Waals surface area contributed by atoms with Gasteiger partial charge in [0.05, 0.1) is 6.61 Å². The molecule has 21 heavy (non-hydrogen) atoms. The Balaban J connectivity index is 0.000000383. The number of nitrogens with zero attached hydrogens (tertiary/aromatic N) is 1. The van der Waals surface area contributed by atoms with Gasteiger partial charge in [0.2, 0.25) is 0 Å². The molecule has 124 valence electrons. The van der Waals surface area contributed by atoms with Crippen molar-refractivity contribution >= 4 is 0 Å². The Labute approximate surface area is 126 Å². The number of halogens is 3. The summed E-state index contributed by atoms with van der Waals surface area (Å²) >= 11 is 0. The molecule has 0 aromatic carbocycles. The number of ether oxygens (including phenoxy) is 1. The summed E-state index contributed by atoms with van der Waals surface area (Å²) in [6.07, 6.45) is 3.54. The van der Waals surface area contributed by atoms with Crippen molar-refractivity contribution in [3.05, 3.63) is 12.2 Å². The van der Waals surface area contributed by atoms with Crippen LogP contribution in [0.15, 0.2) is 12.2 Å². The third-order valence-corrected chi connectivity index (χ3v) is 4.27. The fourth-order valence-electron chi connectivity index (χ4n) is 3.48. The number of methoxy groups -OCH3 is 1. The van der Waals surface area contributed by atoms with Crippen molar-refractivity contribution in [1.82, 2.24) is 4.90 Å². The summed E-state index contributed by atoms with van der Waals surface area (Å²) in [4.78, 5) is 1.96. The second-order valence-corrected chi connectivity index (χ2v) is 6.14. The first kappa shape index (κ1) is 18.5. The number of rotatable bonds is 5. The summed E-state index contributed by atoms with van der Waals surface area (Å²) in [7, 11) is 1.57. The zero-order valence-corrected chi connectivity index (χ0v) is 13.4. The standard InChI is InChI=1S/C11H16F3NO.C5H12/c1-16-7-11-3-8(2-10(13)14)5-15(11)6-9(12)4-11;1-3-5-4-2/h2,8-9H,3-7H2,1H3;3-5H2,1-2H3/t8-,9+,11-;/m0./s1. The fraction of sp³-hybridized carbons (Fsp3) is 0.875. The lowest BCUT2D eigenvalue weighted by Crippen LogP contribution is -2.42. The van der Waals surface area contributed by atoms with Crippen molar-refractivity contribution in [2.45, 2.75) is 57.7 Å². The van der Waals surface area contributed by atoms with Gasteiger partial charge in [0.15, 0.2) is 0 Å². The van der Waals surface area contributed by atoms with E-state index in [2.05, 4.69) is 13.8 Å². The SMILES string of the molecule is CCCCC.COC[C@]12C[C@@H](F)CN1C[C@@H](C=C(F)F)C2. The maximum atomic E-state index is 13.3. The van der Waals surface area contributed by atoms with Crippen molar-refractivity contribution in [3.8, 4) is 0 Å². The molecule has 2 aliphatic heterocycles. The Kier molecular flexibility index (Phi) is 7.74. The minimum atomic E-state index is -1.64. The van der Waals surface area contributed by atoms with Gasteiger partial charge in [0.1, 0.15) is 6.17 Å². The van der Waals surface area contributed by atoms with Gasteiger partial charge in [-0.25, -0.2) is 4.39 Å². The van der Waals surface area contributed by atoms with E-state index in [4.69, 9.17) is 4.74 Å². The molecule has 0 amide bonds. The molecular formula is C16H28F3NO. The van der Waals surface area contributed by atoms with E-state index in [9.17, 15) is 13.2 Å². The van der Waals surface area contributed by atoms with Crippen LogP contribution in [0.1, 0.15) is 46.0 Å². The first-order valence-corrected chi connectivity index (χ1v) is 7.88. The van der Waals surface area contributed by atoms with Crippen LogP contribution >= 0.6 is 0 Å². The smallest absolute Gasteiger partial charge is 0.266 e. The molecule has 2 rings (SSSR count). The van der Waals surface area contributed by atoms with Gasteiger partial charge in [-0.3, -0.25) is 4.90 Å². The van der Waals surface area contributed by atoms with Crippen LogP contribution in [0.4, 0.5) is 13.2 Å². The van der Waals surface area contributed by atoms with E-state index in [0.717, 1.165) is 6.08 Å². The lowest BCUT2D eigenvalue weighted by atomic mass is 9.90. The molecule has 3 atom stereocenters. The molecule has 0 N–H and O–H groups in total. The quantitative estimate of drug-likeness (QED) is 0.746. The molecule has 5 heteroatoms. The highest BCUT2D eigenvalue weighted by Crippen LogP contribution is 2.43. The van der Waals surface area contributed by atoms with Crippen LogP contribution in [-0.2, 0) is 4.74 Å². The summed E-state index contributed by atoms with van der Waals surface area (Å²) in [5.74, 6) is -0.173. The van der Waals surface area contributed by atoms with Gasteiger partial charge in [-0.15, -0.1) is 0 Å². The molecule has 2 nitrogen and oxygen atoms in total. The maximum Gasteiger partial charge on any atom is 0.266 e. The Morgan fingerprint density at radius 1 is 1.24 bits per heavy atom. The Hall–Kier alpha value is -0.550. The monoisotopic (exact) mass is 307 g/mol. The van der Waals surface area contributed by atoms with E-state index < -0.39 is 12.3 Å². The number of unbranched alkanes of at least 4 members (excludes halogenated alkanes) is 2. The highest BCUT2D eigenvalue weighted by Gasteiger charge is 2.51. The normalized spacial score (nSPS) is 31.5. The summed E-state index contributed by atoms with van der Waals surface area (Å²) < 4.78 is 42.8. The van der Waals surface area contributed by atoms with Gasteiger partial charge >= 0.3 is 0 Å². The molecule has 0 unspecified atom stereocenters. The van der Waals surface area contributed by atoms with Crippen molar-refractivity contribution in [3.63, 3.8) is 0 Å². The van der Waals surface area contributed by atoms with E-state index >= 15 is 0 Å². The molecule has 2 fully saturated rings. The van der Waals surface area contributed by atoms with Crippen LogP contribution in [0.3, 0.4) is 0 Å². The molecule has 2 saturated heterocycles. The molecular weight excluding hydrogens is 279 g/mol. The van der Waals surface area contributed by atoms with E-state index in [1.54, 1.807) is 7.11 Å². The number of alkyl halides is 1. The number of hydrogen-bond acceptors (Lipinski definition) is 2. The molecule has 0 aromatic heterocycles. The van der Waals surface area contributed by atoms with Gasteiger partial charge in [-0.05, 0) is 18.4 Å². The van der Waals surface area contributed by atoms with E-state index in [1.165, 1.54) is 19.3 Å². The highest BCUT2D eigenvalue weighted by atomic mass is 19.3. The van der Waals surface area contributed by atoms with Gasteiger partial charge < -0.3 is 4.74 Å². The minimum Gasteiger partial charge on any atom is -0.383 e. The van der Waals surface area contributed by atoms with Gasteiger partial charge in [0, 0.05) is 32.2 Å². The lowest BCUT2D eigenvalue weighted by Gasteiger charge is -2.30. The molecule has 0 spiro atoms. The molecule has 0 aromatic rings. The molecule has 2 aliphatic rings. The first-order chi connectivity index (χ1) is 9.97. The van der Waals surface area contributed by atoms with Crippen LogP contribution in [-0.4, -0.2) is 43.4 Å². The zero-order valence-electron chi connectivity index (χ0n) is 13.4. The lowest BCUT2D eigenvalue weighted by molar-refractivity contribution is 0.0650. The number of hydrogen-bond donors (Lipinski definition) is 0. The predicted octanol–water partition coefficient (Wildman–Crippen LogP) is 4.41. The van der Waals surface area contributed by atoms with Crippen molar-refractivity contribution in [2.75, 3.05) is 26.8 Å². The Bertz CT molecular complexity index is 331. The summed E-state index contributed by atoms with van der Waals surface area (Å²) in [6.45, 7) is 5.71. The highest BCUT2D eigenvalue weighted by molar-refractivity contribution is 5.10. The molecule has 0 bridgehead atoms. The summed E-state index contributed by atoms with van der Waals surface area (Å²) in [5, 5.41) is 0. The second kappa shape index (κ2) is 8.79. The molecule has 0 aliphatic carbocycles. The van der Waals surface area contributed by atoms with Crippen LogP contribution in [0.2, 0.25) is 0 Å². The zero-order chi connectivity index (χ0) is 15.9. The van der Waals surface area contributed by atoms with Crippen LogP contribution in [0.25, 0.3) is 0 Å². The largest absolute Gasteiger partial charge is 0.383 e. The third-order valence-electron chi connectivity index (χ3n) is 4.27. The fourth-order valence-corrected chi connectivity index (χ4v) is 3.48. The second-order valence-electron chi connectivity index (χ2n) is 6.14. The molecule has 0 radical (unpaired) electrons. The predicted molar refractivity (Wildman–Crippen MR) is 79.3 cm³/mol. The average molecular weight is 307 g/mol. The van der Waals surface area contributed by atoms with E-state index in [0.29, 0.717) is 32.5 Å². The van der Waals surface area contributed by atoms with Crippen LogP contribution in [0, 0.1) is 5.92 Å². The van der Waals surface area contributed by atoms with Crippen LogP contribution in [0.5, 0.6) is 0 Å². The minimum absolute atomic E-state index is 0.173. The molecule has 2 heterocycles. The Morgan fingerprint density at radius 3 is 2.38 bits per heavy atom. The summed E-state index contributed by atoms with van der Waals surface area (Å²) in [5.41, 5.74) is -0.356. The van der Waals surface area contributed by atoms with Gasteiger partial charge in [-0.2, -0.15) is 8.78 Å². The first-order valence-electron chi connectivity index (χ1n) is 7.88. The number of fused-ring (bicyclic) bond motifs is 1. The van der Waals surface area contributed by atoms with E-state index in [-0.39, 0.29) is 11.5 Å². The summed E-state index contributed by atoms with van der Waals surface area (Å²) in [6, 6.07) is 0. The van der Waals surface area contributed by atoms with Crippen molar-refractivity contribution < 1.29 is 17.9 Å². The topological polar surface area (TPSA) is 12.5 Å². The van der Waals surface area contributed by atoms with E-state index in [1.807, 2.05) is 4.90 Å². The van der Waals surface area contributed by atoms with Gasteiger partial charge in [0.25, 0.3) is 6.08 Å². The molecule has 0 saturated carbocycles. The van der Waals surface area contributed by atoms with Crippen molar-refractivity contribution in [2.24, 2.45) is 5.92 Å². The Morgan fingerprint density at radius 2 is 1.90 bits per heavy atom. The maximum absolute atomic E-state index is 13.3. The third kappa shape index (κ3) is 5.29.